The number of hydrogen-bond donors (Lipinski definition) is 4. The zero-order chi connectivity index (χ0) is 90.4. The molecule has 4 aromatic heterocycles. The number of halogens is 17. The molecule has 3 amide bonds. The number of carbonyl (C=O) groups excluding carboxylic acids is 3. The molecule has 24 nitrogen and oxygen atoms in total. The van der Waals surface area contributed by atoms with Crippen molar-refractivity contribution in [2.24, 2.45) is 0 Å². The Balaban J connectivity index is 0.000000363. The molecule has 7 aromatic rings. The second kappa shape index (κ2) is 42.9. The molecule has 0 radical (unpaired) electrons. The van der Waals surface area contributed by atoms with Gasteiger partial charge < -0.3 is 37.8 Å². The number of amides is 3. The van der Waals surface area contributed by atoms with E-state index in [1.54, 1.807) is 39.3 Å². The van der Waals surface area contributed by atoms with E-state index in [9.17, 15) is 79.2 Å². The molecule has 3 fully saturated rings. The van der Waals surface area contributed by atoms with Crippen LogP contribution in [0, 0.1) is 52.7 Å². The van der Waals surface area contributed by atoms with Gasteiger partial charge in [0.2, 0.25) is 53.8 Å². The highest BCUT2D eigenvalue weighted by Gasteiger charge is 2.64. The first-order valence-corrected chi connectivity index (χ1v) is 43.3. The van der Waals surface area contributed by atoms with Gasteiger partial charge in [-0.15, -0.1) is 23.2 Å². The van der Waals surface area contributed by atoms with Crippen LogP contribution in [-0.2, 0) is 58.0 Å². The molecule has 0 atom stereocenters. The molecule has 4 N–H and O–H groups in total. The average molecular weight is 1960 g/mol. The van der Waals surface area contributed by atoms with Gasteiger partial charge in [0.15, 0.2) is 0 Å². The molecule has 3 aromatic carbocycles. The molecule has 10 rings (SSSR count). The van der Waals surface area contributed by atoms with Crippen molar-refractivity contribution in [3.8, 4) is 28.1 Å². The highest BCUT2D eigenvalue weighted by Crippen LogP contribution is 2.44. The van der Waals surface area contributed by atoms with E-state index in [0.29, 0.717) is 40.5 Å². The van der Waals surface area contributed by atoms with Crippen LogP contribution in [0.1, 0.15) is 149 Å². The molecule has 7 heterocycles. The van der Waals surface area contributed by atoms with E-state index in [1.165, 1.54) is 46.2 Å². The van der Waals surface area contributed by atoms with Crippen molar-refractivity contribution in [2.75, 3.05) is 18.8 Å². The Morgan fingerprint density at radius 3 is 1.03 bits per heavy atom. The van der Waals surface area contributed by atoms with Crippen LogP contribution >= 0.6 is 101 Å². The maximum Gasteiger partial charge on any atom is 0.496 e. The van der Waals surface area contributed by atoms with Crippen molar-refractivity contribution >= 4 is 176 Å². The molecule has 0 bridgehead atoms. The first kappa shape index (κ1) is 105. The van der Waals surface area contributed by atoms with Gasteiger partial charge in [-0.25, -0.2) is 85.7 Å². The van der Waals surface area contributed by atoms with E-state index in [0.717, 1.165) is 36.9 Å². The number of hydrogen-bond acceptors (Lipinski definition) is 21. The van der Waals surface area contributed by atoms with Crippen LogP contribution in [-0.4, -0.2) is 159 Å². The van der Waals surface area contributed by atoms with E-state index in [1.807, 2.05) is 83.1 Å². The van der Waals surface area contributed by atoms with Gasteiger partial charge in [0, 0.05) is 63.1 Å². The summed E-state index contributed by atoms with van der Waals surface area (Å²) in [7, 11) is -13.2. The fourth-order valence-electron chi connectivity index (χ4n) is 8.64. The molecule has 3 saturated heterocycles. The monoisotopic (exact) mass is 1960 g/mol. The number of nitrogens with one attached hydrogen (secondary N) is 3. The number of ether oxygens (including phenoxy) is 1. The second-order valence-electron chi connectivity index (χ2n) is 28.6. The van der Waals surface area contributed by atoms with E-state index in [4.69, 9.17) is 107 Å². The number of aliphatic hydroxyl groups excluding tert-OH is 1. The van der Waals surface area contributed by atoms with Gasteiger partial charge in [-0.2, -0.15) is 13.2 Å². The Kier molecular flexibility index (Phi) is 38.7. The van der Waals surface area contributed by atoms with Crippen molar-refractivity contribution < 1.29 is 117 Å². The fraction of sp³-hybridized carbons (Fsp3) is 0.414. The lowest BCUT2D eigenvalue weighted by atomic mass is 9.49. The Morgan fingerprint density at radius 2 is 0.726 bits per heavy atom. The number of aromatic nitrogens is 4. The molecule has 0 aliphatic carbocycles. The standard InChI is InChI=1S/C16H15ClF2N2O4S.C13H8ClF3N2O3S.C12H24B2O4.C11H14BClFNO2.C8H6BrF2NO3S.C5H2BrClFN.C3H8O.C2H4Cl2/c1-8(2)25-16-12(17)4-9(7-20-16)10-5-14(19)11(6-13(10)18)15(22)21-26(3,23)24;1-23(21,22)19-13(20)8-4-10(15)7(3-11(8)16)6-2-9(14)12(17)18-5-6;1-9(2)10(3,4)16-13(15-9)14-17-11(5,6)12(7,8)18-14;1-10(2)11(3,4)17-12(16-10)7-5-8(13)9(14)15-6-7;1-16(14,15)12-8(13)4-2-7(11)5(9)3-6(4)10;6-3-1-4(7)5(8)9-2-3;1-3(2)4;1-2(3)4/h4-8H,1-3H3,(H,21,22);2-5H,1H3,(H,19,20);1-8H3;5-6H,1-4H3;2-3H,1H3,(H,12,13);1-2H;3-4H,1-2H3;2H,1H3. The Hall–Kier alpha value is -5.70. The minimum absolute atomic E-state index is 0.0112. The minimum atomic E-state index is -3.93. The van der Waals surface area contributed by atoms with Gasteiger partial charge in [-0.1, -0.05) is 46.4 Å². The Labute approximate surface area is 720 Å². The summed E-state index contributed by atoms with van der Waals surface area (Å²) in [5.41, 5.74) is -4.24. The third kappa shape index (κ3) is 32.9. The molecule has 0 saturated carbocycles. The zero-order valence-electron chi connectivity index (χ0n) is 66.0. The van der Waals surface area contributed by atoms with Crippen molar-refractivity contribution in [3.63, 3.8) is 0 Å². The second-order valence-corrected chi connectivity index (χ2v) is 38.7. The van der Waals surface area contributed by atoms with Gasteiger partial charge in [0.05, 0.1) is 94.7 Å². The average Bonchev–Trinajstić information content (AvgIpc) is 1.60. The summed E-state index contributed by atoms with van der Waals surface area (Å²) in [6, 6.07) is 9.24. The topological polar surface area (TPSA) is 326 Å². The van der Waals surface area contributed by atoms with E-state index >= 15 is 0 Å². The number of alkyl halides is 2. The smallest absolute Gasteiger partial charge is 0.474 e. The summed E-state index contributed by atoms with van der Waals surface area (Å²) in [4.78, 5) is 48.5. The summed E-state index contributed by atoms with van der Waals surface area (Å²) in [6.07, 6.45) is 6.73. The maximum absolute atomic E-state index is 14.4. The lowest BCUT2D eigenvalue weighted by molar-refractivity contribution is 0.00578. The molecule has 644 valence electrons. The lowest BCUT2D eigenvalue weighted by Crippen LogP contribution is -2.41. The summed E-state index contributed by atoms with van der Waals surface area (Å²) >= 11 is 38.5. The molecule has 47 heteroatoms. The van der Waals surface area contributed by atoms with Gasteiger partial charge >= 0.3 is 21.1 Å². The van der Waals surface area contributed by atoms with Gasteiger partial charge in [-0.05, 0) is 210 Å². The molecular formula is C70H81B3Br2Cl6F9N7O17S3. The van der Waals surface area contributed by atoms with E-state index in [2.05, 4.69) is 51.8 Å². The third-order valence-corrected chi connectivity index (χ3v) is 19.9. The SMILES string of the molecule is CC(C)O.CC(C)Oc1ncc(-c2cc(F)c(C(=O)NS(C)(=O)=O)cc2F)cc1Cl.CC(Cl)Cl.CC1(C)OB(B2OC(C)(C)C(C)(C)O2)OC1(C)C.CC1(C)OB(c2cnc(F)c(Cl)c2)OC1(C)C.CS(=O)(=O)NC(=O)c1cc(F)c(-c2cnc(F)c(Cl)c2)cc1F.CS(=O)(=O)NC(=O)c1cc(F)c(Br)cc1F.Fc1ncc(Br)cc1Cl. The first-order valence-electron chi connectivity index (χ1n) is 33.7. The number of benzene rings is 3. The predicted molar refractivity (Wildman–Crippen MR) is 438 cm³/mol. The zero-order valence-corrected chi connectivity index (χ0v) is 76.1. The van der Waals surface area contributed by atoms with Crippen molar-refractivity contribution in [2.45, 2.75) is 168 Å². The minimum Gasteiger partial charge on any atom is -0.474 e. The molecule has 3 aliphatic rings. The van der Waals surface area contributed by atoms with E-state index in [-0.39, 0.29) is 92.1 Å². The number of pyridine rings is 4. The quantitative estimate of drug-likeness (QED) is 0.0290. The molecule has 0 unspecified atom stereocenters. The van der Waals surface area contributed by atoms with Crippen molar-refractivity contribution in [3.05, 3.63) is 184 Å². The molecule has 3 aliphatic heterocycles. The number of aliphatic hydroxyl groups is 1. The van der Waals surface area contributed by atoms with Crippen molar-refractivity contribution in [1.29, 1.82) is 0 Å². The van der Waals surface area contributed by atoms with Gasteiger partial charge in [0.1, 0.15) is 44.8 Å². The highest BCUT2D eigenvalue weighted by atomic mass is 79.9. The molecular weight excluding hydrogens is 1880 g/mol. The molecule has 0 spiro atoms. The van der Waals surface area contributed by atoms with Gasteiger partial charge in [0.25, 0.3) is 17.7 Å². The summed E-state index contributed by atoms with van der Waals surface area (Å²) < 4.78 is 232. The van der Waals surface area contributed by atoms with Crippen molar-refractivity contribution in [1.82, 2.24) is 34.1 Å². The van der Waals surface area contributed by atoms with Crippen LogP contribution < -0.4 is 24.4 Å². The van der Waals surface area contributed by atoms with Crippen LogP contribution in [0.25, 0.3) is 22.3 Å². The van der Waals surface area contributed by atoms with Gasteiger partial charge in [-0.3, -0.25) is 14.4 Å². The number of carbonyl (C=O) groups is 3. The van der Waals surface area contributed by atoms with Crippen LogP contribution in [0.3, 0.4) is 0 Å². The first-order chi connectivity index (χ1) is 53.0. The van der Waals surface area contributed by atoms with Crippen LogP contribution in [0.5, 0.6) is 5.88 Å². The molecule has 117 heavy (non-hydrogen) atoms. The Morgan fingerprint density at radius 1 is 0.436 bits per heavy atom. The lowest BCUT2D eigenvalue weighted by Gasteiger charge is -2.32. The summed E-state index contributed by atoms with van der Waals surface area (Å²) in [5, 5.41) is 7.78. The number of sulfonamides is 3. The maximum atomic E-state index is 14.4. The fourth-order valence-corrected chi connectivity index (χ4v) is 11.5. The van der Waals surface area contributed by atoms with Crippen LogP contribution in [0.4, 0.5) is 39.5 Å². The highest BCUT2D eigenvalue weighted by molar-refractivity contribution is 9.10. The predicted octanol–water partition coefficient (Wildman–Crippen LogP) is 16.3. The number of rotatable bonds is 12. The Bertz CT molecular complexity index is 5000. The normalized spacial score (nSPS) is 15.8. The van der Waals surface area contributed by atoms with Crippen LogP contribution in [0.15, 0.2) is 94.4 Å². The summed E-state index contributed by atoms with van der Waals surface area (Å²) in [5.74, 6) is -12.1. The van der Waals surface area contributed by atoms with Crippen LogP contribution in [0.2, 0.25) is 20.1 Å². The number of nitrogens with zero attached hydrogens (tertiary/aromatic N) is 4. The third-order valence-electron chi connectivity index (χ3n) is 16.1. The summed E-state index contributed by atoms with van der Waals surface area (Å²) in [6.45, 7) is 32.7. The van der Waals surface area contributed by atoms with E-state index < -0.39 is 150 Å². The largest absolute Gasteiger partial charge is 0.496 e.